The zero-order valence-electron chi connectivity index (χ0n) is 10.0. The first-order valence-electron chi connectivity index (χ1n) is 6.72. The van der Waals surface area contributed by atoms with Gasteiger partial charge in [0.15, 0.2) is 0 Å². The van der Waals surface area contributed by atoms with Crippen LogP contribution in [0.15, 0.2) is 11.5 Å². The molecule has 0 atom stereocenters. The summed E-state index contributed by atoms with van der Waals surface area (Å²) in [5.74, 6) is 4.10. The van der Waals surface area contributed by atoms with Crippen LogP contribution in [0.1, 0.15) is 32.1 Å². The lowest BCUT2D eigenvalue weighted by molar-refractivity contribution is -0.133. The number of hydrogen-bond donors (Lipinski definition) is 1. The van der Waals surface area contributed by atoms with E-state index in [1.165, 1.54) is 43.9 Å². The molecule has 4 aliphatic rings. The molecule has 0 aromatic carbocycles. The second kappa shape index (κ2) is 4.68. The predicted molar refractivity (Wildman–Crippen MR) is 69.8 cm³/mol. The van der Waals surface area contributed by atoms with Crippen molar-refractivity contribution in [3.05, 3.63) is 11.5 Å². The van der Waals surface area contributed by atoms with Crippen LogP contribution in [0, 0.1) is 29.6 Å². The lowest BCUT2D eigenvalue weighted by atomic mass is 9.52. The Kier molecular flexibility index (Phi) is 3.20. The van der Waals surface area contributed by atoms with Gasteiger partial charge >= 0.3 is 5.97 Å². The van der Waals surface area contributed by atoms with Gasteiger partial charge in [-0.15, -0.1) is 11.8 Å². The average molecular weight is 252 g/mol. The Morgan fingerprint density at radius 1 is 1.12 bits per heavy atom. The van der Waals surface area contributed by atoms with Gasteiger partial charge in [-0.05, 0) is 67.1 Å². The molecule has 4 aliphatic carbocycles. The molecule has 2 nitrogen and oxygen atoms in total. The molecule has 4 bridgehead atoms. The molecule has 0 aromatic heterocycles. The van der Waals surface area contributed by atoms with Crippen LogP contribution in [0.5, 0.6) is 0 Å². The molecule has 0 unspecified atom stereocenters. The van der Waals surface area contributed by atoms with Gasteiger partial charge in [-0.2, -0.15) is 0 Å². The Hall–Kier alpha value is -0.440. The fourth-order valence-electron chi connectivity index (χ4n) is 4.55. The molecule has 0 heterocycles. The van der Waals surface area contributed by atoms with E-state index >= 15 is 0 Å². The Balaban J connectivity index is 1.58. The van der Waals surface area contributed by atoms with E-state index in [4.69, 9.17) is 5.11 Å². The van der Waals surface area contributed by atoms with E-state index in [1.54, 1.807) is 0 Å². The Morgan fingerprint density at radius 2 is 1.71 bits per heavy atom. The maximum absolute atomic E-state index is 10.4. The van der Waals surface area contributed by atoms with Crippen molar-refractivity contribution in [2.24, 2.45) is 29.6 Å². The molecule has 3 heteroatoms. The summed E-state index contributed by atoms with van der Waals surface area (Å²) in [7, 11) is 0. The first-order chi connectivity index (χ1) is 8.22. The zero-order chi connectivity index (χ0) is 11.8. The monoisotopic (exact) mass is 252 g/mol. The Bertz CT molecular complexity index is 309. The molecule has 0 amide bonds. The van der Waals surface area contributed by atoms with E-state index in [0.29, 0.717) is 0 Å². The number of hydrogen-bond acceptors (Lipinski definition) is 2. The van der Waals surface area contributed by atoms with Gasteiger partial charge in [0.05, 0.1) is 5.75 Å². The topological polar surface area (TPSA) is 37.3 Å². The van der Waals surface area contributed by atoms with Crippen molar-refractivity contribution in [2.45, 2.75) is 32.1 Å². The van der Waals surface area contributed by atoms with Crippen molar-refractivity contribution in [1.82, 2.24) is 0 Å². The van der Waals surface area contributed by atoms with E-state index in [-0.39, 0.29) is 5.75 Å². The molecular weight excluding hydrogens is 232 g/mol. The number of aliphatic carboxylic acids is 1. The fraction of sp³-hybridized carbons (Fsp3) is 0.786. The van der Waals surface area contributed by atoms with E-state index < -0.39 is 5.97 Å². The summed E-state index contributed by atoms with van der Waals surface area (Å²) >= 11 is 1.43. The molecule has 4 saturated carbocycles. The molecule has 0 saturated heterocycles. The summed E-state index contributed by atoms with van der Waals surface area (Å²) in [6.07, 6.45) is 9.56. The lowest BCUT2D eigenvalue weighted by Crippen LogP contribution is -2.44. The highest BCUT2D eigenvalue weighted by molar-refractivity contribution is 8.02. The van der Waals surface area contributed by atoms with Crippen LogP contribution in [0.3, 0.4) is 0 Å². The van der Waals surface area contributed by atoms with Crippen LogP contribution in [-0.4, -0.2) is 16.8 Å². The quantitative estimate of drug-likeness (QED) is 0.833. The number of thioether (sulfide) groups is 1. The summed E-state index contributed by atoms with van der Waals surface area (Å²) < 4.78 is 0. The normalized spacial score (nSPS) is 43.4. The van der Waals surface area contributed by atoms with Crippen molar-refractivity contribution in [1.29, 1.82) is 0 Å². The van der Waals surface area contributed by atoms with Crippen LogP contribution < -0.4 is 0 Å². The van der Waals surface area contributed by atoms with Crippen molar-refractivity contribution < 1.29 is 9.90 Å². The van der Waals surface area contributed by atoms with Gasteiger partial charge < -0.3 is 5.11 Å². The lowest BCUT2D eigenvalue weighted by Gasteiger charge is -2.53. The second-order valence-electron chi connectivity index (χ2n) is 6.04. The summed E-state index contributed by atoms with van der Waals surface area (Å²) in [5.41, 5.74) is 0. The zero-order valence-corrected chi connectivity index (χ0v) is 10.9. The van der Waals surface area contributed by atoms with Crippen molar-refractivity contribution in [3.63, 3.8) is 0 Å². The van der Waals surface area contributed by atoms with Gasteiger partial charge in [0.1, 0.15) is 0 Å². The molecule has 4 fully saturated rings. The van der Waals surface area contributed by atoms with Crippen molar-refractivity contribution in [3.8, 4) is 0 Å². The smallest absolute Gasteiger partial charge is 0.313 e. The number of carboxylic acids is 1. The minimum atomic E-state index is -0.718. The van der Waals surface area contributed by atoms with Gasteiger partial charge in [0.2, 0.25) is 0 Å². The Labute approximate surface area is 107 Å². The maximum Gasteiger partial charge on any atom is 0.313 e. The van der Waals surface area contributed by atoms with Gasteiger partial charge in [-0.25, -0.2) is 0 Å². The molecule has 0 aliphatic heterocycles. The number of carboxylic acid groups (broad SMARTS) is 1. The molecule has 0 spiro atoms. The van der Waals surface area contributed by atoms with E-state index in [1.807, 2.05) is 5.41 Å². The number of rotatable bonds is 4. The van der Waals surface area contributed by atoms with E-state index in [2.05, 4.69) is 6.08 Å². The second-order valence-corrected chi connectivity index (χ2v) is 6.94. The molecule has 17 heavy (non-hydrogen) atoms. The van der Waals surface area contributed by atoms with Crippen LogP contribution in [0.2, 0.25) is 0 Å². The molecule has 1 N–H and O–H groups in total. The fourth-order valence-corrected chi connectivity index (χ4v) is 5.08. The number of allylic oxidation sites excluding steroid dienone is 1. The molecule has 0 aromatic rings. The largest absolute Gasteiger partial charge is 0.481 e. The van der Waals surface area contributed by atoms with Gasteiger partial charge in [0.25, 0.3) is 0 Å². The van der Waals surface area contributed by atoms with Crippen molar-refractivity contribution in [2.75, 3.05) is 5.75 Å². The van der Waals surface area contributed by atoms with Gasteiger partial charge in [-0.1, -0.05) is 6.08 Å². The minimum Gasteiger partial charge on any atom is -0.481 e. The summed E-state index contributed by atoms with van der Waals surface area (Å²) in [5, 5.41) is 10.6. The van der Waals surface area contributed by atoms with Gasteiger partial charge in [-0.3, -0.25) is 4.79 Å². The molecule has 4 rings (SSSR count). The molecule has 0 radical (unpaired) electrons. The van der Waals surface area contributed by atoms with Crippen LogP contribution >= 0.6 is 11.8 Å². The van der Waals surface area contributed by atoms with Crippen LogP contribution in [-0.2, 0) is 4.79 Å². The minimum absolute atomic E-state index is 0.198. The SMILES string of the molecule is O=C(O)CS/C=C\C1C2CC3CC(C2)CC1C3. The third kappa shape index (κ3) is 2.40. The van der Waals surface area contributed by atoms with Crippen LogP contribution in [0.25, 0.3) is 0 Å². The number of carbonyl (C=O) groups is 1. The van der Waals surface area contributed by atoms with Gasteiger partial charge in [0, 0.05) is 0 Å². The standard InChI is InChI=1S/C14H20O2S/c15-14(16)8-17-2-1-13-11-4-9-3-10(6-11)7-12(13)5-9/h1-2,9-13H,3-8H2,(H,15,16)/b2-1-. The summed E-state index contributed by atoms with van der Waals surface area (Å²) in [6, 6.07) is 0. The molecular formula is C14H20O2S. The first kappa shape index (κ1) is 11.6. The third-order valence-corrected chi connectivity index (χ3v) is 5.67. The molecule has 94 valence electrons. The highest BCUT2D eigenvalue weighted by Gasteiger charge is 2.46. The first-order valence-corrected chi connectivity index (χ1v) is 7.77. The predicted octanol–water partition coefficient (Wildman–Crippen LogP) is 3.39. The Morgan fingerprint density at radius 3 is 2.24 bits per heavy atom. The highest BCUT2D eigenvalue weighted by Crippen LogP contribution is 2.56. The average Bonchev–Trinajstić information content (AvgIpc) is 2.25. The highest BCUT2D eigenvalue weighted by atomic mass is 32.2. The van der Waals surface area contributed by atoms with Crippen LogP contribution in [0.4, 0.5) is 0 Å². The van der Waals surface area contributed by atoms with Crippen molar-refractivity contribution >= 4 is 17.7 Å². The summed E-state index contributed by atoms with van der Waals surface area (Å²) in [6.45, 7) is 0. The van der Waals surface area contributed by atoms with E-state index in [9.17, 15) is 4.79 Å². The third-order valence-electron chi connectivity index (χ3n) is 4.90. The summed E-state index contributed by atoms with van der Waals surface area (Å²) in [4.78, 5) is 10.4. The van der Waals surface area contributed by atoms with E-state index in [0.717, 1.165) is 29.6 Å². The maximum atomic E-state index is 10.4.